The van der Waals surface area contributed by atoms with Gasteiger partial charge in [-0.1, -0.05) is 23.2 Å². The normalized spacial score (nSPS) is 10.4. The molecule has 18 heavy (non-hydrogen) atoms. The lowest BCUT2D eigenvalue weighted by atomic mass is 10.1. The maximum Gasteiger partial charge on any atom is 0.356 e. The second-order valence-electron chi connectivity index (χ2n) is 3.48. The van der Waals surface area contributed by atoms with Crippen molar-refractivity contribution < 1.29 is 14.3 Å². The summed E-state index contributed by atoms with van der Waals surface area (Å²) in [5.41, 5.74) is 0.618. The number of hydrogen-bond acceptors (Lipinski definition) is 4. The van der Waals surface area contributed by atoms with Gasteiger partial charge in [0.25, 0.3) is 0 Å². The summed E-state index contributed by atoms with van der Waals surface area (Å²) in [5.74, 6) is -0.103. The van der Waals surface area contributed by atoms with Crippen molar-refractivity contribution >= 4 is 40.1 Å². The molecular formula is C12H9Cl2NO3. The highest BCUT2D eigenvalue weighted by molar-refractivity contribution is 6.39. The van der Waals surface area contributed by atoms with Gasteiger partial charge in [0.1, 0.15) is 5.75 Å². The second-order valence-corrected chi connectivity index (χ2v) is 4.33. The summed E-state index contributed by atoms with van der Waals surface area (Å²) >= 11 is 12.0. The predicted octanol–water partition coefficient (Wildman–Crippen LogP) is 3.34. The number of carbonyl (C=O) groups excluding carboxylic acids is 1. The van der Waals surface area contributed by atoms with Gasteiger partial charge in [-0.05, 0) is 12.1 Å². The molecule has 0 amide bonds. The van der Waals surface area contributed by atoms with E-state index in [-0.39, 0.29) is 5.69 Å². The first-order chi connectivity index (χ1) is 8.56. The molecule has 0 saturated carbocycles. The third-order valence-electron chi connectivity index (χ3n) is 2.40. The van der Waals surface area contributed by atoms with Gasteiger partial charge in [0.05, 0.1) is 30.1 Å². The van der Waals surface area contributed by atoms with Crippen LogP contribution < -0.4 is 4.74 Å². The van der Waals surface area contributed by atoms with Gasteiger partial charge in [0, 0.05) is 11.1 Å². The zero-order valence-electron chi connectivity index (χ0n) is 9.66. The average Bonchev–Trinajstić information content (AvgIpc) is 2.35. The fourth-order valence-electron chi connectivity index (χ4n) is 1.62. The Balaban J connectivity index is 2.79. The van der Waals surface area contributed by atoms with E-state index in [0.29, 0.717) is 26.7 Å². The van der Waals surface area contributed by atoms with E-state index in [1.54, 1.807) is 12.1 Å². The van der Waals surface area contributed by atoms with Gasteiger partial charge in [-0.3, -0.25) is 0 Å². The van der Waals surface area contributed by atoms with Crippen LogP contribution in [0.4, 0.5) is 0 Å². The van der Waals surface area contributed by atoms with Crippen LogP contribution in [0.5, 0.6) is 5.75 Å². The minimum absolute atomic E-state index is 0.139. The summed E-state index contributed by atoms with van der Waals surface area (Å²) in [6.07, 6.45) is 0. The number of pyridine rings is 1. The van der Waals surface area contributed by atoms with Gasteiger partial charge in [-0.15, -0.1) is 0 Å². The molecule has 4 nitrogen and oxygen atoms in total. The van der Waals surface area contributed by atoms with Crippen molar-refractivity contribution in [2.24, 2.45) is 0 Å². The summed E-state index contributed by atoms with van der Waals surface area (Å²) in [6, 6.07) is 4.68. The van der Waals surface area contributed by atoms with Gasteiger partial charge in [-0.25, -0.2) is 9.78 Å². The molecule has 0 unspecified atom stereocenters. The van der Waals surface area contributed by atoms with E-state index in [1.165, 1.54) is 20.3 Å². The number of aromatic nitrogens is 1. The molecule has 6 heteroatoms. The maximum atomic E-state index is 11.5. The molecule has 2 aromatic rings. The van der Waals surface area contributed by atoms with Crippen LogP contribution in [0.1, 0.15) is 10.5 Å². The molecule has 0 saturated heterocycles. The van der Waals surface area contributed by atoms with E-state index in [1.807, 2.05) is 0 Å². The Kier molecular flexibility index (Phi) is 3.59. The van der Waals surface area contributed by atoms with Crippen LogP contribution in [0.15, 0.2) is 18.2 Å². The number of carbonyl (C=O) groups is 1. The first kappa shape index (κ1) is 12.9. The Bertz CT molecular complexity index is 628. The van der Waals surface area contributed by atoms with E-state index in [4.69, 9.17) is 27.9 Å². The molecule has 0 spiro atoms. The lowest BCUT2D eigenvalue weighted by Crippen LogP contribution is -2.05. The molecule has 0 aliphatic heterocycles. The molecule has 0 radical (unpaired) electrons. The number of hydrogen-bond donors (Lipinski definition) is 0. The number of ether oxygens (including phenoxy) is 2. The number of nitrogens with zero attached hydrogens (tertiary/aromatic N) is 1. The molecule has 0 bridgehead atoms. The Morgan fingerprint density at radius 3 is 2.56 bits per heavy atom. The fraction of sp³-hybridized carbons (Fsp3) is 0.167. The number of benzene rings is 1. The minimum atomic E-state index is -0.550. The summed E-state index contributed by atoms with van der Waals surface area (Å²) in [6.45, 7) is 0. The van der Waals surface area contributed by atoms with Crippen LogP contribution in [0.2, 0.25) is 10.0 Å². The van der Waals surface area contributed by atoms with Crippen molar-refractivity contribution in [3.8, 4) is 5.75 Å². The SMILES string of the molecule is COC(=O)c1cc(OC)c2c(Cl)cc(Cl)cc2n1. The molecule has 0 N–H and O–H groups in total. The van der Waals surface area contributed by atoms with E-state index in [0.717, 1.165) is 0 Å². The third kappa shape index (κ3) is 2.21. The van der Waals surface area contributed by atoms with Crippen LogP contribution in [0.25, 0.3) is 10.9 Å². The molecular weight excluding hydrogens is 277 g/mol. The van der Waals surface area contributed by atoms with Crippen molar-refractivity contribution in [1.29, 1.82) is 0 Å². The smallest absolute Gasteiger partial charge is 0.356 e. The Morgan fingerprint density at radius 1 is 1.22 bits per heavy atom. The van der Waals surface area contributed by atoms with Crippen LogP contribution in [-0.4, -0.2) is 25.2 Å². The Morgan fingerprint density at radius 2 is 1.94 bits per heavy atom. The second kappa shape index (κ2) is 5.00. The van der Waals surface area contributed by atoms with E-state index in [2.05, 4.69) is 9.72 Å². The molecule has 1 aromatic heterocycles. The highest BCUT2D eigenvalue weighted by atomic mass is 35.5. The van der Waals surface area contributed by atoms with Crippen molar-refractivity contribution in [2.75, 3.05) is 14.2 Å². The molecule has 0 atom stereocenters. The monoisotopic (exact) mass is 285 g/mol. The number of rotatable bonds is 2. The van der Waals surface area contributed by atoms with Gasteiger partial charge < -0.3 is 9.47 Å². The van der Waals surface area contributed by atoms with E-state index >= 15 is 0 Å². The average molecular weight is 286 g/mol. The van der Waals surface area contributed by atoms with Crippen LogP contribution >= 0.6 is 23.2 Å². The number of esters is 1. The maximum absolute atomic E-state index is 11.5. The zero-order valence-corrected chi connectivity index (χ0v) is 11.2. The van der Waals surface area contributed by atoms with Crippen LogP contribution in [-0.2, 0) is 4.74 Å². The molecule has 0 aliphatic carbocycles. The third-order valence-corrected chi connectivity index (χ3v) is 2.92. The topological polar surface area (TPSA) is 48.4 Å². The molecule has 1 aromatic carbocycles. The molecule has 0 aliphatic rings. The largest absolute Gasteiger partial charge is 0.496 e. The van der Waals surface area contributed by atoms with Gasteiger partial charge in [0.2, 0.25) is 0 Å². The van der Waals surface area contributed by atoms with Crippen LogP contribution in [0, 0.1) is 0 Å². The first-order valence-electron chi connectivity index (χ1n) is 4.99. The first-order valence-corrected chi connectivity index (χ1v) is 5.74. The summed E-state index contributed by atoms with van der Waals surface area (Å²) in [4.78, 5) is 15.6. The molecule has 94 valence electrons. The summed E-state index contributed by atoms with van der Waals surface area (Å²) < 4.78 is 9.83. The highest BCUT2D eigenvalue weighted by Gasteiger charge is 2.15. The van der Waals surface area contributed by atoms with Crippen molar-refractivity contribution in [3.63, 3.8) is 0 Å². The van der Waals surface area contributed by atoms with Crippen LogP contribution in [0.3, 0.4) is 0 Å². The predicted molar refractivity (Wildman–Crippen MR) is 69.7 cm³/mol. The summed E-state index contributed by atoms with van der Waals surface area (Å²) in [7, 11) is 2.77. The number of fused-ring (bicyclic) bond motifs is 1. The summed E-state index contributed by atoms with van der Waals surface area (Å²) in [5, 5.41) is 1.46. The van der Waals surface area contributed by atoms with Gasteiger partial charge >= 0.3 is 5.97 Å². The number of methoxy groups -OCH3 is 2. The van der Waals surface area contributed by atoms with Crippen molar-refractivity contribution in [3.05, 3.63) is 33.9 Å². The van der Waals surface area contributed by atoms with Crippen molar-refractivity contribution in [1.82, 2.24) is 4.98 Å². The molecule has 2 rings (SSSR count). The standard InChI is InChI=1S/C12H9Cl2NO3/c1-17-10-5-9(12(16)18-2)15-8-4-6(13)3-7(14)11(8)10/h3-5H,1-2H3. The lowest BCUT2D eigenvalue weighted by Gasteiger charge is -2.09. The fourth-order valence-corrected chi connectivity index (χ4v) is 2.20. The van der Waals surface area contributed by atoms with Gasteiger partial charge in [0.15, 0.2) is 5.69 Å². The van der Waals surface area contributed by atoms with Crippen molar-refractivity contribution in [2.45, 2.75) is 0 Å². The Hall–Kier alpha value is -1.52. The van der Waals surface area contributed by atoms with Gasteiger partial charge in [-0.2, -0.15) is 0 Å². The lowest BCUT2D eigenvalue weighted by molar-refractivity contribution is 0.0594. The molecule has 0 fully saturated rings. The molecule has 1 heterocycles. The van der Waals surface area contributed by atoms with E-state index < -0.39 is 5.97 Å². The number of halogens is 2. The Labute approximate surface area is 113 Å². The quantitative estimate of drug-likeness (QED) is 0.794. The highest BCUT2D eigenvalue weighted by Crippen LogP contribution is 2.34. The van der Waals surface area contributed by atoms with E-state index in [9.17, 15) is 4.79 Å². The zero-order chi connectivity index (χ0) is 13.3. The minimum Gasteiger partial charge on any atom is -0.496 e.